The topological polar surface area (TPSA) is 62.3 Å². The van der Waals surface area contributed by atoms with Gasteiger partial charge in [0.05, 0.1) is 6.54 Å². The van der Waals surface area contributed by atoms with Crippen LogP contribution in [-0.2, 0) is 16.1 Å². The number of hydrogen-bond acceptors (Lipinski definition) is 4. The number of amides is 2. The monoisotopic (exact) mass is 309 g/mol. The van der Waals surface area contributed by atoms with Crippen molar-refractivity contribution >= 4 is 23.2 Å². The van der Waals surface area contributed by atoms with E-state index >= 15 is 0 Å². The zero-order valence-corrected chi connectivity index (χ0v) is 14.1. The van der Waals surface area contributed by atoms with Crippen LogP contribution in [0.2, 0.25) is 0 Å². The molecule has 6 heteroatoms. The van der Waals surface area contributed by atoms with Crippen LogP contribution in [0.15, 0.2) is 5.38 Å². The van der Waals surface area contributed by atoms with Crippen molar-refractivity contribution < 1.29 is 9.59 Å². The second kappa shape index (κ2) is 5.75. The summed E-state index contributed by atoms with van der Waals surface area (Å²) in [5, 5.41) is 5.72. The van der Waals surface area contributed by atoms with E-state index in [0.717, 1.165) is 10.7 Å². The van der Waals surface area contributed by atoms with Gasteiger partial charge in [0.15, 0.2) is 0 Å². The molecule has 1 N–H and O–H groups in total. The van der Waals surface area contributed by atoms with Crippen LogP contribution in [0.4, 0.5) is 0 Å². The number of aryl methyl sites for hydroxylation is 1. The van der Waals surface area contributed by atoms with Gasteiger partial charge in [0.25, 0.3) is 0 Å². The van der Waals surface area contributed by atoms with Crippen LogP contribution in [0.5, 0.6) is 0 Å². The normalized spacial score (nSPS) is 23.4. The van der Waals surface area contributed by atoms with Crippen molar-refractivity contribution in [2.75, 3.05) is 0 Å². The van der Waals surface area contributed by atoms with Gasteiger partial charge in [0, 0.05) is 11.1 Å². The van der Waals surface area contributed by atoms with E-state index < -0.39 is 12.1 Å². The fourth-order valence-electron chi connectivity index (χ4n) is 2.56. The summed E-state index contributed by atoms with van der Waals surface area (Å²) in [5.74, 6) is -0.0768. The van der Waals surface area contributed by atoms with Gasteiger partial charge in [-0.25, -0.2) is 4.98 Å². The Morgan fingerprint density at radius 1 is 1.38 bits per heavy atom. The Balaban J connectivity index is 2.28. The van der Waals surface area contributed by atoms with E-state index in [1.165, 1.54) is 11.3 Å². The van der Waals surface area contributed by atoms with Gasteiger partial charge in [-0.3, -0.25) is 9.59 Å². The first kappa shape index (κ1) is 15.9. The van der Waals surface area contributed by atoms with Crippen molar-refractivity contribution in [2.24, 2.45) is 5.41 Å². The summed E-state index contributed by atoms with van der Waals surface area (Å²) in [4.78, 5) is 31.2. The van der Waals surface area contributed by atoms with Crippen LogP contribution in [0.3, 0.4) is 0 Å². The fourth-order valence-corrected chi connectivity index (χ4v) is 3.33. The van der Waals surface area contributed by atoms with Crippen molar-refractivity contribution in [3.63, 3.8) is 0 Å². The summed E-state index contributed by atoms with van der Waals surface area (Å²) in [6.45, 7) is 10.2. The molecule has 1 aromatic rings. The van der Waals surface area contributed by atoms with Crippen LogP contribution in [0, 0.1) is 12.3 Å². The molecule has 2 rings (SSSR count). The van der Waals surface area contributed by atoms with E-state index in [0.29, 0.717) is 13.0 Å². The molecule has 2 atom stereocenters. The Morgan fingerprint density at radius 3 is 2.52 bits per heavy atom. The third kappa shape index (κ3) is 3.26. The summed E-state index contributed by atoms with van der Waals surface area (Å²) in [6, 6.07) is -0.880. The largest absolute Gasteiger partial charge is 0.342 e. The Labute approximate surface area is 129 Å². The average Bonchev–Trinajstić information content (AvgIpc) is 2.78. The number of aromatic nitrogens is 1. The molecule has 0 aromatic carbocycles. The van der Waals surface area contributed by atoms with Gasteiger partial charge >= 0.3 is 0 Å². The molecule has 0 spiro atoms. The number of carbonyl (C=O) groups is 2. The van der Waals surface area contributed by atoms with Gasteiger partial charge in [-0.05, 0) is 18.8 Å². The lowest BCUT2D eigenvalue weighted by atomic mass is 9.83. The molecule has 0 saturated carbocycles. The second-order valence-electron chi connectivity index (χ2n) is 6.58. The molecule has 0 radical (unpaired) electrons. The Bertz CT molecular complexity index is 547. The molecule has 2 heterocycles. The van der Waals surface area contributed by atoms with Gasteiger partial charge < -0.3 is 10.2 Å². The summed E-state index contributed by atoms with van der Waals surface area (Å²) < 4.78 is 0. The average molecular weight is 309 g/mol. The van der Waals surface area contributed by atoms with Gasteiger partial charge in [0.2, 0.25) is 11.8 Å². The van der Waals surface area contributed by atoms with Crippen molar-refractivity contribution in [2.45, 2.75) is 59.7 Å². The van der Waals surface area contributed by atoms with E-state index in [-0.39, 0.29) is 17.2 Å². The summed E-state index contributed by atoms with van der Waals surface area (Å²) >= 11 is 1.53. The van der Waals surface area contributed by atoms with Gasteiger partial charge in [-0.15, -0.1) is 11.3 Å². The molecular weight excluding hydrogens is 286 g/mol. The highest BCUT2D eigenvalue weighted by Crippen LogP contribution is 2.27. The Morgan fingerprint density at radius 2 is 2.05 bits per heavy atom. The van der Waals surface area contributed by atoms with E-state index in [4.69, 9.17) is 0 Å². The smallest absolute Gasteiger partial charge is 0.246 e. The molecule has 0 bridgehead atoms. The standard InChI is InChI=1S/C15H23N3O2S/c1-6-10-13(19)17-12(15(3,4)5)14(20)18(10)7-11-16-9(2)8-21-11/h8,10,12H,6-7H2,1-5H3,(H,17,19). The molecular formula is C15H23N3O2S. The highest BCUT2D eigenvalue weighted by atomic mass is 32.1. The maximum Gasteiger partial charge on any atom is 0.246 e. The molecule has 1 saturated heterocycles. The van der Waals surface area contributed by atoms with Gasteiger partial charge in [0.1, 0.15) is 17.1 Å². The van der Waals surface area contributed by atoms with Crippen molar-refractivity contribution in [1.82, 2.24) is 15.2 Å². The Hall–Kier alpha value is -1.43. The number of piperazine rings is 1. The Kier molecular flexibility index (Phi) is 4.37. The molecule has 1 aliphatic heterocycles. The van der Waals surface area contributed by atoms with Crippen LogP contribution in [0.1, 0.15) is 44.8 Å². The molecule has 2 amide bonds. The number of carbonyl (C=O) groups excluding carboxylic acids is 2. The number of nitrogens with zero attached hydrogens (tertiary/aromatic N) is 2. The number of nitrogens with one attached hydrogen (secondary N) is 1. The highest BCUT2D eigenvalue weighted by molar-refractivity contribution is 7.09. The third-order valence-electron chi connectivity index (χ3n) is 3.72. The van der Waals surface area contributed by atoms with Crippen molar-refractivity contribution in [1.29, 1.82) is 0 Å². The number of hydrogen-bond donors (Lipinski definition) is 1. The third-order valence-corrected chi connectivity index (χ3v) is 4.67. The van der Waals surface area contributed by atoms with Gasteiger partial charge in [-0.1, -0.05) is 27.7 Å². The number of rotatable bonds is 3. The summed E-state index contributed by atoms with van der Waals surface area (Å²) in [5.41, 5.74) is 0.645. The molecule has 116 valence electrons. The zero-order chi connectivity index (χ0) is 15.8. The van der Waals surface area contributed by atoms with Crippen LogP contribution in [-0.4, -0.2) is 33.8 Å². The summed E-state index contributed by atoms with van der Waals surface area (Å²) in [6.07, 6.45) is 0.610. The second-order valence-corrected chi connectivity index (χ2v) is 7.52. The molecule has 1 fully saturated rings. The molecule has 21 heavy (non-hydrogen) atoms. The highest BCUT2D eigenvalue weighted by Gasteiger charge is 2.44. The number of thiazole rings is 1. The lowest BCUT2D eigenvalue weighted by molar-refractivity contribution is -0.153. The minimum atomic E-state index is -0.478. The quantitative estimate of drug-likeness (QED) is 0.930. The predicted molar refractivity (Wildman–Crippen MR) is 82.9 cm³/mol. The van der Waals surface area contributed by atoms with Gasteiger partial charge in [-0.2, -0.15) is 0 Å². The van der Waals surface area contributed by atoms with E-state index in [1.807, 2.05) is 40.0 Å². The summed E-state index contributed by atoms with van der Waals surface area (Å²) in [7, 11) is 0. The first-order valence-corrected chi connectivity index (χ1v) is 8.14. The predicted octanol–water partition coefficient (Wildman–Crippen LogP) is 2.10. The molecule has 1 aromatic heterocycles. The first-order valence-electron chi connectivity index (χ1n) is 7.26. The van der Waals surface area contributed by atoms with Crippen LogP contribution in [0.25, 0.3) is 0 Å². The minimum absolute atomic E-state index is 0.0122. The van der Waals surface area contributed by atoms with E-state index in [1.54, 1.807) is 4.90 Å². The molecule has 2 unspecified atom stereocenters. The molecule has 1 aliphatic rings. The molecule has 5 nitrogen and oxygen atoms in total. The van der Waals surface area contributed by atoms with Crippen LogP contribution >= 0.6 is 11.3 Å². The maximum atomic E-state index is 12.8. The lowest BCUT2D eigenvalue weighted by Gasteiger charge is -2.42. The van der Waals surface area contributed by atoms with E-state index in [2.05, 4.69) is 10.3 Å². The minimum Gasteiger partial charge on any atom is -0.342 e. The van der Waals surface area contributed by atoms with Crippen molar-refractivity contribution in [3.8, 4) is 0 Å². The lowest BCUT2D eigenvalue weighted by Crippen LogP contribution is -2.66. The zero-order valence-electron chi connectivity index (χ0n) is 13.3. The maximum absolute atomic E-state index is 12.8. The molecule has 0 aliphatic carbocycles. The first-order chi connectivity index (χ1) is 9.74. The SMILES string of the molecule is CCC1C(=O)NC(C(C)(C)C)C(=O)N1Cc1nc(C)cs1. The van der Waals surface area contributed by atoms with Crippen LogP contribution < -0.4 is 5.32 Å². The fraction of sp³-hybridized carbons (Fsp3) is 0.667. The van der Waals surface area contributed by atoms with Crippen molar-refractivity contribution in [3.05, 3.63) is 16.1 Å². The van der Waals surface area contributed by atoms with E-state index in [9.17, 15) is 9.59 Å².